The Balaban J connectivity index is 1.72. The molecule has 5 atom stereocenters. The first kappa shape index (κ1) is 21.9. The van der Waals surface area contributed by atoms with E-state index in [9.17, 15) is 40.5 Å². The predicted octanol–water partition coefficient (Wildman–Crippen LogP) is -0.245. The number of aromatic hydroxyl groups is 3. The van der Waals surface area contributed by atoms with Crippen LogP contribution in [-0.2, 0) is 4.74 Å². The van der Waals surface area contributed by atoms with E-state index in [0.29, 0.717) is 0 Å². The van der Waals surface area contributed by atoms with Gasteiger partial charge in [0.05, 0.1) is 6.61 Å². The topological polar surface area (TPSA) is 190 Å². The third-order valence-electron chi connectivity index (χ3n) is 5.14. The van der Waals surface area contributed by atoms with Crippen LogP contribution in [0.2, 0.25) is 0 Å². The lowest BCUT2D eigenvalue weighted by molar-refractivity contribution is -0.277. The smallest absolute Gasteiger partial charge is 0.229 e. The molecule has 0 radical (unpaired) electrons. The fourth-order valence-electron chi connectivity index (χ4n) is 3.43. The molecule has 1 unspecified atom stereocenters. The molecule has 170 valence electrons. The molecule has 32 heavy (non-hydrogen) atoms. The Morgan fingerprint density at radius 1 is 0.875 bits per heavy atom. The summed E-state index contributed by atoms with van der Waals surface area (Å²) in [6, 6.07) is 7.23. The van der Waals surface area contributed by atoms with Crippen LogP contribution in [0.15, 0.2) is 45.6 Å². The van der Waals surface area contributed by atoms with Gasteiger partial charge in [0.25, 0.3) is 0 Å². The molecule has 0 spiro atoms. The van der Waals surface area contributed by atoms with Crippen LogP contribution in [0.4, 0.5) is 0 Å². The summed E-state index contributed by atoms with van der Waals surface area (Å²) in [4.78, 5) is 12.5. The molecule has 2 heterocycles. The van der Waals surface area contributed by atoms with E-state index in [1.807, 2.05) is 0 Å². The second-order valence-electron chi connectivity index (χ2n) is 7.31. The number of fused-ring (bicyclic) bond motifs is 1. The standard InChI is InChI=1S/C21H20O11/c22-7-16-18(27)19(28)20(29)21(32-16)30-9-4-12(25)17-13(26)6-14(31-15(17)5-9)8-1-2-10(23)11(24)3-8/h1-6,16,18-25,27-29H,7H2/t16-,18-,19?,20-,21-/m1/s1. The lowest BCUT2D eigenvalue weighted by Crippen LogP contribution is -2.60. The van der Waals surface area contributed by atoms with Crippen LogP contribution in [-0.4, -0.2) is 73.1 Å². The molecule has 11 nitrogen and oxygen atoms in total. The van der Waals surface area contributed by atoms with E-state index in [1.165, 1.54) is 24.3 Å². The quantitative estimate of drug-likeness (QED) is 0.261. The Morgan fingerprint density at radius 3 is 2.31 bits per heavy atom. The number of benzene rings is 2. The highest BCUT2D eigenvalue weighted by Crippen LogP contribution is 2.35. The first-order chi connectivity index (χ1) is 15.2. The van der Waals surface area contributed by atoms with E-state index in [2.05, 4.69) is 0 Å². The van der Waals surface area contributed by atoms with Gasteiger partial charge in [0.15, 0.2) is 16.9 Å². The summed E-state index contributed by atoms with van der Waals surface area (Å²) in [5.41, 5.74) is -0.413. The summed E-state index contributed by atoms with van der Waals surface area (Å²) in [7, 11) is 0. The molecule has 3 aromatic rings. The predicted molar refractivity (Wildman–Crippen MR) is 107 cm³/mol. The van der Waals surface area contributed by atoms with Crippen molar-refractivity contribution < 1.29 is 49.6 Å². The van der Waals surface area contributed by atoms with Crippen LogP contribution in [0.1, 0.15) is 0 Å². The molecule has 1 saturated heterocycles. The fraction of sp³-hybridized carbons (Fsp3) is 0.286. The third-order valence-corrected chi connectivity index (χ3v) is 5.14. The number of phenols is 3. The second-order valence-corrected chi connectivity index (χ2v) is 7.31. The Labute approximate surface area is 179 Å². The normalized spacial score (nSPS) is 25.7. The minimum Gasteiger partial charge on any atom is -0.507 e. The molecule has 7 N–H and O–H groups in total. The molecular formula is C21H20O11. The number of aliphatic hydroxyl groups excluding tert-OH is 4. The zero-order chi connectivity index (χ0) is 23.2. The number of hydrogen-bond donors (Lipinski definition) is 7. The van der Waals surface area contributed by atoms with Gasteiger partial charge in [-0.1, -0.05) is 0 Å². The third kappa shape index (κ3) is 3.83. The van der Waals surface area contributed by atoms with Crippen LogP contribution in [0, 0.1) is 0 Å². The SMILES string of the molecule is O=c1cc(-c2ccc(O)c(O)c2)oc2cc(O[C@@H]3O[C@H](CO)[C@@H](O)C(O)[C@H]3O)cc(O)c12. The lowest BCUT2D eigenvalue weighted by atomic mass is 9.99. The van der Waals surface area contributed by atoms with Crippen molar-refractivity contribution in [2.24, 2.45) is 0 Å². The highest BCUT2D eigenvalue weighted by Gasteiger charge is 2.44. The average Bonchev–Trinajstić information content (AvgIpc) is 2.75. The van der Waals surface area contributed by atoms with Crippen LogP contribution in [0.5, 0.6) is 23.0 Å². The summed E-state index contributed by atoms with van der Waals surface area (Å²) in [5, 5.41) is 68.5. The van der Waals surface area contributed by atoms with E-state index < -0.39 is 54.2 Å². The van der Waals surface area contributed by atoms with Gasteiger partial charge in [-0.3, -0.25) is 4.79 Å². The van der Waals surface area contributed by atoms with Gasteiger partial charge in [-0.05, 0) is 18.2 Å². The first-order valence-corrected chi connectivity index (χ1v) is 9.50. The molecule has 0 aliphatic carbocycles. The number of rotatable bonds is 4. The average molecular weight is 448 g/mol. The Kier molecular flexibility index (Phi) is 5.67. The molecule has 11 heteroatoms. The number of phenolic OH excluding ortho intramolecular Hbond substituents is 3. The molecule has 0 amide bonds. The van der Waals surface area contributed by atoms with Gasteiger partial charge in [0.2, 0.25) is 6.29 Å². The maximum Gasteiger partial charge on any atom is 0.229 e. The Hall–Kier alpha value is -3.35. The molecule has 4 rings (SSSR count). The van der Waals surface area contributed by atoms with Crippen molar-refractivity contribution in [2.75, 3.05) is 6.61 Å². The molecular weight excluding hydrogens is 428 g/mol. The minimum atomic E-state index is -1.68. The molecule has 1 aromatic heterocycles. The van der Waals surface area contributed by atoms with Crippen molar-refractivity contribution in [3.8, 4) is 34.3 Å². The van der Waals surface area contributed by atoms with Crippen LogP contribution < -0.4 is 10.2 Å². The minimum absolute atomic E-state index is 0.0298. The maximum atomic E-state index is 12.5. The summed E-state index contributed by atoms with van der Waals surface area (Å²) >= 11 is 0. The zero-order valence-corrected chi connectivity index (χ0v) is 16.3. The van der Waals surface area contributed by atoms with Gasteiger partial charge in [-0.15, -0.1) is 0 Å². The van der Waals surface area contributed by atoms with Gasteiger partial charge >= 0.3 is 0 Å². The summed E-state index contributed by atoms with van der Waals surface area (Å²) in [6.07, 6.45) is -7.61. The number of aliphatic hydroxyl groups is 4. The van der Waals surface area contributed by atoms with E-state index >= 15 is 0 Å². The highest BCUT2D eigenvalue weighted by molar-refractivity contribution is 5.86. The van der Waals surface area contributed by atoms with Crippen molar-refractivity contribution in [2.45, 2.75) is 30.7 Å². The molecule has 1 aliphatic rings. The second kappa shape index (κ2) is 8.30. The molecule has 0 saturated carbocycles. The molecule has 1 aliphatic heterocycles. The summed E-state index contributed by atoms with van der Waals surface area (Å²) in [6.45, 7) is -0.647. The number of ether oxygens (including phenoxy) is 2. The van der Waals surface area contributed by atoms with Crippen LogP contribution in [0.3, 0.4) is 0 Å². The molecule has 1 fully saturated rings. The van der Waals surface area contributed by atoms with Crippen molar-refractivity contribution in [3.63, 3.8) is 0 Å². The highest BCUT2D eigenvalue weighted by atomic mass is 16.7. The monoisotopic (exact) mass is 448 g/mol. The van der Waals surface area contributed by atoms with E-state index in [0.717, 1.165) is 12.1 Å². The van der Waals surface area contributed by atoms with Crippen molar-refractivity contribution in [1.82, 2.24) is 0 Å². The lowest BCUT2D eigenvalue weighted by Gasteiger charge is -2.39. The number of hydrogen-bond acceptors (Lipinski definition) is 11. The largest absolute Gasteiger partial charge is 0.507 e. The van der Waals surface area contributed by atoms with E-state index in [4.69, 9.17) is 13.9 Å². The van der Waals surface area contributed by atoms with Crippen molar-refractivity contribution in [1.29, 1.82) is 0 Å². The fourth-order valence-corrected chi connectivity index (χ4v) is 3.43. The summed E-state index contributed by atoms with van der Waals surface area (Å²) < 4.78 is 16.4. The molecule has 2 aromatic carbocycles. The van der Waals surface area contributed by atoms with Crippen LogP contribution in [0.25, 0.3) is 22.3 Å². The van der Waals surface area contributed by atoms with E-state index in [1.54, 1.807) is 0 Å². The van der Waals surface area contributed by atoms with Crippen molar-refractivity contribution >= 4 is 11.0 Å². The van der Waals surface area contributed by atoms with Gasteiger partial charge in [0, 0.05) is 23.8 Å². The Bertz CT molecular complexity index is 1200. The van der Waals surface area contributed by atoms with Crippen LogP contribution >= 0.6 is 0 Å². The summed E-state index contributed by atoms with van der Waals surface area (Å²) in [5.74, 6) is -1.34. The van der Waals surface area contributed by atoms with Gasteiger partial charge < -0.3 is 49.6 Å². The van der Waals surface area contributed by atoms with Gasteiger partial charge in [-0.2, -0.15) is 0 Å². The first-order valence-electron chi connectivity index (χ1n) is 9.50. The van der Waals surface area contributed by atoms with Gasteiger partial charge in [-0.25, -0.2) is 0 Å². The maximum absolute atomic E-state index is 12.5. The van der Waals surface area contributed by atoms with Gasteiger partial charge in [0.1, 0.15) is 52.6 Å². The molecule has 0 bridgehead atoms. The zero-order valence-electron chi connectivity index (χ0n) is 16.3. The Morgan fingerprint density at radius 2 is 1.62 bits per heavy atom. The van der Waals surface area contributed by atoms with E-state index in [-0.39, 0.29) is 33.8 Å². The van der Waals surface area contributed by atoms with Crippen molar-refractivity contribution in [3.05, 3.63) is 46.6 Å².